The molecule has 1 aromatic carbocycles. The highest BCUT2D eigenvalue weighted by atomic mass is 16.5. The van der Waals surface area contributed by atoms with Gasteiger partial charge in [0.1, 0.15) is 5.75 Å². The maximum Gasteiger partial charge on any atom is 0.320 e. The number of carbonyl (C=O) groups excluding carboxylic acids is 1. The van der Waals surface area contributed by atoms with Crippen LogP contribution in [0.3, 0.4) is 0 Å². The van der Waals surface area contributed by atoms with Gasteiger partial charge >= 0.3 is 5.97 Å². The first-order chi connectivity index (χ1) is 10.1. The summed E-state index contributed by atoms with van der Waals surface area (Å²) >= 11 is 0. The highest BCUT2D eigenvalue weighted by Crippen LogP contribution is 2.20. The molecule has 0 atom stereocenters. The van der Waals surface area contributed by atoms with Crippen molar-refractivity contribution >= 4 is 5.97 Å². The standard InChI is InChI=1S/C16H26N2O3/c1-4-8-18(12-16(19)21-5-2)11-13-6-7-14(10-17)15(9-13)20-3/h6-7,9H,4-5,8,10-12,17H2,1-3H3. The summed E-state index contributed by atoms with van der Waals surface area (Å²) in [6.07, 6.45) is 0.984. The van der Waals surface area contributed by atoms with Crippen molar-refractivity contribution in [2.75, 3.05) is 26.8 Å². The van der Waals surface area contributed by atoms with Gasteiger partial charge in [-0.2, -0.15) is 0 Å². The third-order valence-corrected chi connectivity index (χ3v) is 3.18. The first-order valence-electron chi connectivity index (χ1n) is 7.38. The first-order valence-corrected chi connectivity index (χ1v) is 7.38. The molecule has 0 saturated carbocycles. The lowest BCUT2D eigenvalue weighted by Crippen LogP contribution is -2.31. The predicted molar refractivity (Wildman–Crippen MR) is 83.1 cm³/mol. The van der Waals surface area contributed by atoms with Crippen molar-refractivity contribution in [1.82, 2.24) is 4.90 Å². The number of esters is 1. The van der Waals surface area contributed by atoms with E-state index in [1.165, 1.54) is 0 Å². The van der Waals surface area contributed by atoms with Crippen LogP contribution in [0.5, 0.6) is 5.75 Å². The summed E-state index contributed by atoms with van der Waals surface area (Å²) in [6.45, 7) is 6.62. The second-order valence-electron chi connectivity index (χ2n) is 4.87. The van der Waals surface area contributed by atoms with Crippen LogP contribution in [0.4, 0.5) is 0 Å². The summed E-state index contributed by atoms with van der Waals surface area (Å²) in [5.41, 5.74) is 7.75. The van der Waals surface area contributed by atoms with E-state index >= 15 is 0 Å². The average Bonchev–Trinajstić information content (AvgIpc) is 2.47. The number of nitrogens with two attached hydrogens (primary N) is 1. The highest BCUT2D eigenvalue weighted by Gasteiger charge is 2.12. The molecule has 5 nitrogen and oxygen atoms in total. The topological polar surface area (TPSA) is 64.8 Å². The van der Waals surface area contributed by atoms with E-state index in [0.29, 0.717) is 26.2 Å². The van der Waals surface area contributed by atoms with Crippen molar-refractivity contribution in [2.45, 2.75) is 33.4 Å². The number of hydrogen-bond acceptors (Lipinski definition) is 5. The zero-order valence-electron chi connectivity index (χ0n) is 13.2. The number of rotatable bonds is 9. The minimum absolute atomic E-state index is 0.184. The van der Waals surface area contributed by atoms with Gasteiger partial charge in [0.25, 0.3) is 0 Å². The highest BCUT2D eigenvalue weighted by molar-refractivity contribution is 5.71. The van der Waals surface area contributed by atoms with Gasteiger partial charge < -0.3 is 15.2 Å². The molecule has 21 heavy (non-hydrogen) atoms. The van der Waals surface area contributed by atoms with Crippen LogP contribution in [0.2, 0.25) is 0 Å². The molecule has 0 radical (unpaired) electrons. The second kappa shape index (κ2) is 9.37. The molecule has 0 aliphatic heterocycles. The van der Waals surface area contributed by atoms with Crippen molar-refractivity contribution in [2.24, 2.45) is 5.73 Å². The van der Waals surface area contributed by atoms with Gasteiger partial charge in [-0.25, -0.2) is 0 Å². The van der Waals surface area contributed by atoms with Crippen LogP contribution in [0.1, 0.15) is 31.4 Å². The third-order valence-electron chi connectivity index (χ3n) is 3.18. The largest absolute Gasteiger partial charge is 0.496 e. The molecule has 0 fully saturated rings. The van der Waals surface area contributed by atoms with Crippen molar-refractivity contribution < 1.29 is 14.3 Å². The lowest BCUT2D eigenvalue weighted by Gasteiger charge is -2.21. The maximum absolute atomic E-state index is 11.6. The number of carbonyl (C=O) groups is 1. The number of methoxy groups -OCH3 is 1. The number of ether oxygens (including phenoxy) is 2. The Morgan fingerprint density at radius 1 is 1.33 bits per heavy atom. The minimum atomic E-state index is -0.184. The van der Waals surface area contributed by atoms with Gasteiger partial charge in [-0.15, -0.1) is 0 Å². The van der Waals surface area contributed by atoms with Crippen LogP contribution in [0, 0.1) is 0 Å². The van der Waals surface area contributed by atoms with Gasteiger partial charge in [-0.1, -0.05) is 19.1 Å². The van der Waals surface area contributed by atoms with E-state index in [0.717, 1.165) is 29.8 Å². The molecule has 0 unspecified atom stereocenters. The molecule has 1 rings (SSSR count). The van der Waals surface area contributed by atoms with Crippen molar-refractivity contribution in [1.29, 1.82) is 0 Å². The van der Waals surface area contributed by atoms with E-state index in [1.54, 1.807) is 7.11 Å². The number of nitrogens with zero attached hydrogens (tertiary/aromatic N) is 1. The molecule has 0 saturated heterocycles. The monoisotopic (exact) mass is 294 g/mol. The van der Waals surface area contributed by atoms with Gasteiger partial charge in [0.15, 0.2) is 0 Å². The molecule has 0 spiro atoms. The number of benzene rings is 1. The Hall–Kier alpha value is -1.59. The fourth-order valence-electron chi connectivity index (χ4n) is 2.23. The molecule has 0 aliphatic rings. The second-order valence-corrected chi connectivity index (χ2v) is 4.87. The van der Waals surface area contributed by atoms with Crippen molar-refractivity contribution in [3.63, 3.8) is 0 Å². The van der Waals surface area contributed by atoms with E-state index < -0.39 is 0 Å². The van der Waals surface area contributed by atoms with E-state index in [2.05, 4.69) is 11.8 Å². The molecule has 0 heterocycles. The summed E-state index contributed by atoms with van der Waals surface area (Å²) in [5, 5.41) is 0. The van der Waals surface area contributed by atoms with E-state index in [4.69, 9.17) is 15.2 Å². The Bertz CT molecular complexity index is 449. The van der Waals surface area contributed by atoms with Gasteiger partial charge in [-0.3, -0.25) is 9.69 Å². The summed E-state index contributed by atoms with van der Waals surface area (Å²) in [6, 6.07) is 5.98. The fourth-order valence-corrected chi connectivity index (χ4v) is 2.23. The summed E-state index contributed by atoms with van der Waals surface area (Å²) in [5.74, 6) is 0.610. The van der Waals surface area contributed by atoms with Crippen molar-refractivity contribution in [3.8, 4) is 5.75 Å². The van der Waals surface area contributed by atoms with Gasteiger partial charge in [0, 0.05) is 18.7 Å². The Morgan fingerprint density at radius 2 is 2.10 bits per heavy atom. The normalized spacial score (nSPS) is 10.7. The smallest absolute Gasteiger partial charge is 0.320 e. The molecular formula is C16H26N2O3. The van der Waals surface area contributed by atoms with E-state index in [-0.39, 0.29) is 5.97 Å². The van der Waals surface area contributed by atoms with Crippen LogP contribution >= 0.6 is 0 Å². The number of hydrogen-bond donors (Lipinski definition) is 1. The van der Waals surface area contributed by atoms with E-state index in [1.807, 2.05) is 25.1 Å². The maximum atomic E-state index is 11.6. The lowest BCUT2D eigenvalue weighted by atomic mass is 10.1. The molecule has 0 amide bonds. The molecule has 0 aromatic heterocycles. The van der Waals surface area contributed by atoms with Crippen molar-refractivity contribution in [3.05, 3.63) is 29.3 Å². The molecule has 0 bridgehead atoms. The predicted octanol–water partition coefficient (Wildman–Crippen LogP) is 1.93. The zero-order chi connectivity index (χ0) is 15.7. The minimum Gasteiger partial charge on any atom is -0.496 e. The molecule has 2 N–H and O–H groups in total. The molecular weight excluding hydrogens is 268 g/mol. The Kier molecular flexibility index (Phi) is 7.79. The van der Waals surface area contributed by atoms with Crippen LogP contribution in [0.25, 0.3) is 0 Å². The molecule has 1 aromatic rings. The summed E-state index contributed by atoms with van der Waals surface area (Å²) in [7, 11) is 1.64. The van der Waals surface area contributed by atoms with Gasteiger partial charge in [0.05, 0.1) is 20.3 Å². The van der Waals surface area contributed by atoms with Crippen LogP contribution in [0.15, 0.2) is 18.2 Å². The van der Waals surface area contributed by atoms with Gasteiger partial charge in [-0.05, 0) is 31.5 Å². The summed E-state index contributed by atoms with van der Waals surface area (Å²) < 4.78 is 10.4. The van der Waals surface area contributed by atoms with Gasteiger partial charge in [0.2, 0.25) is 0 Å². The Balaban J connectivity index is 2.76. The van der Waals surface area contributed by atoms with Crippen LogP contribution in [-0.2, 0) is 22.6 Å². The SMILES string of the molecule is CCCN(CC(=O)OCC)Cc1ccc(CN)c(OC)c1. The van der Waals surface area contributed by atoms with Crippen LogP contribution < -0.4 is 10.5 Å². The van der Waals surface area contributed by atoms with Crippen LogP contribution in [-0.4, -0.2) is 37.7 Å². The van der Waals surface area contributed by atoms with E-state index in [9.17, 15) is 4.79 Å². The average molecular weight is 294 g/mol. The Morgan fingerprint density at radius 3 is 2.67 bits per heavy atom. The Labute approximate surface area is 127 Å². The fraction of sp³-hybridized carbons (Fsp3) is 0.562. The molecule has 118 valence electrons. The third kappa shape index (κ3) is 5.73. The first kappa shape index (κ1) is 17.5. The quantitative estimate of drug-likeness (QED) is 0.705. The molecule has 5 heteroatoms. The summed E-state index contributed by atoms with van der Waals surface area (Å²) in [4.78, 5) is 13.7. The molecule has 0 aliphatic carbocycles. The lowest BCUT2D eigenvalue weighted by molar-refractivity contribution is -0.144. The zero-order valence-corrected chi connectivity index (χ0v) is 13.2.